The van der Waals surface area contributed by atoms with Crippen molar-refractivity contribution in [2.75, 3.05) is 18.4 Å². The molecule has 0 spiro atoms. The van der Waals surface area contributed by atoms with E-state index in [1.165, 1.54) is 6.07 Å². The number of aromatic nitrogens is 4. The Kier molecular flexibility index (Phi) is 3.51. The third-order valence-electron chi connectivity index (χ3n) is 3.35. The summed E-state index contributed by atoms with van der Waals surface area (Å²) in [4.78, 5) is 18.2. The van der Waals surface area contributed by atoms with E-state index >= 15 is 0 Å². The molecule has 0 saturated heterocycles. The number of nitrogens with one attached hydrogen (secondary N) is 1. The zero-order chi connectivity index (χ0) is 14.8. The van der Waals surface area contributed by atoms with Crippen molar-refractivity contribution in [1.29, 1.82) is 0 Å². The highest BCUT2D eigenvalue weighted by Crippen LogP contribution is 2.19. The normalized spacial score (nSPS) is 13.9. The predicted molar refractivity (Wildman–Crippen MR) is 73.1 cm³/mol. The van der Waals surface area contributed by atoms with E-state index in [-0.39, 0.29) is 11.5 Å². The van der Waals surface area contributed by atoms with Crippen molar-refractivity contribution in [1.82, 2.24) is 24.6 Å². The Labute approximate surface area is 120 Å². The first-order chi connectivity index (χ1) is 10.2. The second-order valence-corrected chi connectivity index (χ2v) is 4.75. The number of carbonyl (C=O) groups excluding carboxylic acids is 1. The van der Waals surface area contributed by atoms with Gasteiger partial charge in [0, 0.05) is 19.6 Å². The standard InChI is InChI=1S/C13H15FN6O/c1-2-15-12-10(5-9(14)6-16-12)13(21)19-3-4-20-8-17-18-11(20)7-19/h5-6,8H,2-4,7H2,1H3,(H,15,16). The van der Waals surface area contributed by atoms with E-state index in [1.807, 2.05) is 11.5 Å². The fourth-order valence-corrected chi connectivity index (χ4v) is 2.32. The van der Waals surface area contributed by atoms with Crippen LogP contribution < -0.4 is 5.32 Å². The molecule has 110 valence electrons. The van der Waals surface area contributed by atoms with E-state index in [2.05, 4.69) is 20.5 Å². The van der Waals surface area contributed by atoms with Crippen molar-refractivity contribution >= 4 is 11.7 Å². The molecule has 7 nitrogen and oxygen atoms in total. The van der Waals surface area contributed by atoms with Gasteiger partial charge < -0.3 is 14.8 Å². The first-order valence-corrected chi connectivity index (χ1v) is 6.74. The number of anilines is 1. The average molecular weight is 290 g/mol. The number of halogens is 1. The minimum atomic E-state index is -0.528. The smallest absolute Gasteiger partial charge is 0.258 e. The van der Waals surface area contributed by atoms with Crippen molar-refractivity contribution in [3.8, 4) is 0 Å². The molecule has 0 aliphatic carbocycles. The Morgan fingerprint density at radius 3 is 3.14 bits per heavy atom. The molecule has 8 heteroatoms. The van der Waals surface area contributed by atoms with Gasteiger partial charge in [0.1, 0.15) is 18.0 Å². The summed E-state index contributed by atoms with van der Waals surface area (Å²) in [5.74, 6) is 0.340. The van der Waals surface area contributed by atoms with Crippen LogP contribution in [0.1, 0.15) is 23.1 Å². The van der Waals surface area contributed by atoms with Crippen LogP contribution in [0.15, 0.2) is 18.6 Å². The lowest BCUT2D eigenvalue weighted by Crippen LogP contribution is -2.38. The van der Waals surface area contributed by atoms with Crippen LogP contribution in [0, 0.1) is 5.82 Å². The van der Waals surface area contributed by atoms with Crippen LogP contribution >= 0.6 is 0 Å². The van der Waals surface area contributed by atoms with Crippen molar-refractivity contribution < 1.29 is 9.18 Å². The topological polar surface area (TPSA) is 75.9 Å². The van der Waals surface area contributed by atoms with E-state index in [1.54, 1.807) is 11.2 Å². The Balaban J connectivity index is 1.87. The first-order valence-electron chi connectivity index (χ1n) is 6.74. The lowest BCUT2D eigenvalue weighted by atomic mass is 10.2. The maximum absolute atomic E-state index is 13.4. The van der Waals surface area contributed by atoms with Gasteiger partial charge in [-0.15, -0.1) is 10.2 Å². The quantitative estimate of drug-likeness (QED) is 0.909. The van der Waals surface area contributed by atoms with Gasteiger partial charge in [0.15, 0.2) is 5.82 Å². The third kappa shape index (κ3) is 2.56. The van der Waals surface area contributed by atoms with E-state index in [0.29, 0.717) is 32.0 Å². The van der Waals surface area contributed by atoms with Crippen LogP contribution in [0.2, 0.25) is 0 Å². The number of pyridine rings is 1. The molecule has 2 aromatic rings. The number of nitrogens with zero attached hydrogens (tertiary/aromatic N) is 5. The van der Waals surface area contributed by atoms with Crippen LogP contribution in [0.4, 0.5) is 10.2 Å². The summed E-state index contributed by atoms with van der Waals surface area (Å²) < 4.78 is 15.3. The van der Waals surface area contributed by atoms with E-state index in [4.69, 9.17) is 0 Å². The van der Waals surface area contributed by atoms with Gasteiger partial charge in [-0.25, -0.2) is 9.37 Å². The van der Waals surface area contributed by atoms with Gasteiger partial charge in [-0.1, -0.05) is 0 Å². The molecule has 1 N–H and O–H groups in total. The van der Waals surface area contributed by atoms with Gasteiger partial charge in [0.25, 0.3) is 5.91 Å². The van der Waals surface area contributed by atoms with E-state index in [9.17, 15) is 9.18 Å². The molecule has 0 fully saturated rings. The SMILES string of the molecule is CCNc1ncc(F)cc1C(=O)N1CCn2cnnc2C1. The van der Waals surface area contributed by atoms with E-state index in [0.717, 1.165) is 12.0 Å². The molecule has 0 bridgehead atoms. The molecule has 0 saturated carbocycles. The minimum absolute atomic E-state index is 0.241. The molecule has 0 unspecified atom stereocenters. The molecule has 1 aliphatic rings. The zero-order valence-corrected chi connectivity index (χ0v) is 11.6. The Morgan fingerprint density at radius 2 is 2.33 bits per heavy atom. The van der Waals surface area contributed by atoms with Crippen LogP contribution in [-0.4, -0.2) is 43.6 Å². The summed E-state index contributed by atoms with van der Waals surface area (Å²) in [6.07, 6.45) is 2.74. The van der Waals surface area contributed by atoms with Crippen LogP contribution in [-0.2, 0) is 13.1 Å². The highest BCUT2D eigenvalue weighted by molar-refractivity contribution is 5.98. The molecule has 3 heterocycles. The molecule has 2 aromatic heterocycles. The van der Waals surface area contributed by atoms with Crippen LogP contribution in [0.25, 0.3) is 0 Å². The molecule has 1 aliphatic heterocycles. The molecule has 0 aromatic carbocycles. The number of amides is 1. The number of carbonyl (C=O) groups is 1. The Hall–Kier alpha value is -2.51. The molecule has 0 atom stereocenters. The highest BCUT2D eigenvalue weighted by Gasteiger charge is 2.25. The molecule has 21 heavy (non-hydrogen) atoms. The maximum Gasteiger partial charge on any atom is 0.258 e. The zero-order valence-electron chi connectivity index (χ0n) is 11.6. The van der Waals surface area contributed by atoms with Crippen molar-refractivity contribution in [3.63, 3.8) is 0 Å². The molecular weight excluding hydrogens is 275 g/mol. The van der Waals surface area contributed by atoms with Gasteiger partial charge >= 0.3 is 0 Å². The van der Waals surface area contributed by atoms with Gasteiger partial charge in [-0.2, -0.15) is 0 Å². The van der Waals surface area contributed by atoms with Crippen LogP contribution in [0.3, 0.4) is 0 Å². The van der Waals surface area contributed by atoms with Gasteiger partial charge in [-0.3, -0.25) is 4.79 Å². The van der Waals surface area contributed by atoms with Gasteiger partial charge in [-0.05, 0) is 13.0 Å². The number of rotatable bonds is 3. The summed E-state index contributed by atoms with van der Waals surface area (Å²) in [7, 11) is 0. The lowest BCUT2D eigenvalue weighted by molar-refractivity contribution is 0.0707. The molecule has 3 rings (SSSR count). The number of hydrogen-bond donors (Lipinski definition) is 1. The molecule has 1 amide bonds. The van der Waals surface area contributed by atoms with Crippen molar-refractivity contribution in [2.24, 2.45) is 0 Å². The van der Waals surface area contributed by atoms with Crippen molar-refractivity contribution in [2.45, 2.75) is 20.0 Å². The minimum Gasteiger partial charge on any atom is -0.370 e. The van der Waals surface area contributed by atoms with Crippen LogP contribution in [0.5, 0.6) is 0 Å². The van der Waals surface area contributed by atoms with Gasteiger partial charge in [0.05, 0.1) is 18.3 Å². The fraction of sp³-hybridized carbons (Fsp3) is 0.385. The third-order valence-corrected chi connectivity index (χ3v) is 3.35. The Bertz CT molecular complexity index is 670. The predicted octanol–water partition coefficient (Wildman–Crippen LogP) is 0.900. The summed E-state index contributed by atoms with van der Waals surface area (Å²) in [5, 5.41) is 10.8. The summed E-state index contributed by atoms with van der Waals surface area (Å²) in [6, 6.07) is 1.21. The lowest BCUT2D eigenvalue weighted by Gasteiger charge is -2.27. The monoisotopic (exact) mass is 290 g/mol. The number of hydrogen-bond acceptors (Lipinski definition) is 5. The number of fused-ring (bicyclic) bond motifs is 1. The largest absolute Gasteiger partial charge is 0.370 e. The maximum atomic E-state index is 13.4. The van der Waals surface area contributed by atoms with Gasteiger partial charge in [0.2, 0.25) is 0 Å². The summed E-state index contributed by atoms with van der Waals surface area (Å²) in [5.41, 5.74) is 0.241. The first kappa shape index (κ1) is 13.5. The summed E-state index contributed by atoms with van der Waals surface area (Å²) >= 11 is 0. The Morgan fingerprint density at radius 1 is 1.48 bits per heavy atom. The highest BCUT2D eigenvalue weighted by atomic mass is 19.1. The fourth-order valence-electron chi connectivity index (χ4n) is 2.32. The summed E-state index contributed by atoms with van der Waals surface area (Å²) in [6.45, 7) is 4.02. The van der Waals surface area contributed by atoms with E-state index < -0.39 is 5.82 Å². The second-order valence-electron chi connectivity index (χ2n) is 4.75. The van der Waals surface area contributed by atoms with Crippen molar-refractivity contribution in [3.05, 3.63) is 35.8 Å². The second kappa shape index (κ2) is 5.47. The molecule has 0 radical (unpaired) electrons. The average Bonchev–Trinajstić information content (AvgIpc) is 2.96. The molecular formula is C13H15FN6O.